The fraction of sp³-hybridized carbons (Fsp3) is 0.562. The molecule has 1 saturated carbocycles. The van der Waals surface area contributed by atoms with E-state index in [0.717, 1.165) is 31.0 Å². The van der Waals surface area contributed by atoms with Gasteiger partial charge in [-0.15, -0.1) is 0 Å². The minimum atomic E-state index is 0.572. The largest absolute Gasteiger partial charge is 0.493 e. The molecule has 0 N–H and O–H groups in total. The number of hydrogen-bond acceptors (Lipinski definition) is 2. The fourth-order valence-electron chi connectivity index (χ4n) is 2.26. The summed E-state index contributed by atoms with van der Waals surface area (Å²) in [5.74, 6) is 1.72. The summed E-state index contributed by atoms with van der Waals surface area (Å²) in [6, 6.07) is 4.28. The smallest absolute Gasteiger partial charge is 0.122 e. The van der Waals surface area contributed by atoms with Crippen molar-refractivity contribution in [3.63, 3.8) is 0 Å². The van der Waals surface area contributed by atoms with E-state index < -0.39 is 0 Å². The molecule has 0 unspecified atom stereocenters. The van der Waals surface area contributed by atoms with Crippen LogP contribution in [0.4, 0.5) is 0 Å². The minimum Gasteiger partial charge on any atom is -0.493 e. The van der Waals surface area contributed by atoms with Gasteiger partial charge in [0.25, 0.3) is 0 Å². The van der Waals surface area contributed by atoms with Crippen LogP contribution in [0.15, 0.2) is 12.1 Å². The molecule has 0 radical (unpaired) electrons. The number of hydrogen-bond donors (Lipinski definition) is 0. The van der Waals surface area contributed by atoms with Crippen LogP contribution in [-0.4, -0.2) is 12.9 Å². The van der Waals surface area contributed by atoms with Crippen LogP contribution in [-0.2, 0) is 11.2 Å². The van der Waals surface area contributed by atoms with Gasteiger partial charge in [0.15, 0.2) is 0 Å². The van der Waals surface area contributed by atoms with E-state index in [-0.39, 0.29) is 0 Å². The summed E-state index contributed by atoms with van der Waals surface area (Å²) >= 11 is 0. The first-order valence-corrected chi connectivity index (χ1v) is 6.87. The van der Waals surface area contributed by atoms with Crippen LogP contribution in [0.2, 0.25) is 0 Å². The molecule has 0 heterocycles. The highest BCUT2D eigenvalue weighted by atomic mass is 16.5. The lowest BCUT2D eigenvalue weighted by Gasteiger charge is -2.26. The van der Waals surface area contributed by atoms with Gasteiger partial charge in [-0.05, 0) is 61.8 Å². The van der Waals surface area contributed by atoms with Gasteiger partial charge in [0.2, 0.25) is 0 Å². The molecule has 1 aromatic rings. The summed E-state index contributed by atoms with van der Waals surface area (Å²) in [4.78, 5) is 10.5. The Bertz CT molecular complexity index is 419. The average Bonchev–Trinajstić information content (AvgIpc) is 2.29. The highest BCUT2D eigenvalue weighted by Crippen LogP contribution is 2.29. The standard InChI is InChI=1S/C16H22O2/c1-12-9-15(7-4-8-17)16(10-13(12)2)18-11-14-5-3-6-14/h8-10,14H,3-7,11H2,1-2H3. The van der Waals surface area contributed by atoms with Crippen molar-refractivity contribution in [3.8, 4) is 5.75 Å². The van der Waals surface area contributed by atoms with Crippen LogP contribution >= 0.6 is 0 Å². The van der Waals surface area contributed by atoms with Crippen molar-refractivity contribution in [3.05, 3.63) is 28.8 Å². The molecule has 2 heteroatoms. The predicted octanol–water partition coefficient (Wildman–Crippen LogP) is 3.61. The molecule has 1 aliphatic rings. The molecule has 2 rings (SSSR count). The topological polar surface area (TPSA) is 26.3 Å². The van der Waals surface area contributed by atoms with Crippen LogP contribution in [0.3, 0.4) is 0 Å². The van der Waals surface area contributed by atoms with Crippen molar-refractivity contribution in [2.24, 2.45) is 5.92 Å². The summed E-state index contributed by atoms with van der Waals surface area (Å²) in [7, 11) is 0. The van der Waals surface area contributed by atoms with Crippen molar-refractivity contribution in [2.75, 3.05) is 6.61 Å². The van der Waals surface area contributed by atoms with Crippen LogP contribution < -0.4 is 4.74 Å². The predicted molar refractivity (Wildman–Crippen MR) is 73.1 cm³/mol. The molecular formula is C16H22O2. The van der Waals surface area contributed by atoms with Crippen molar-refractivity contribution in [1.29, 1.82) is 0 Å². The Morgan fingerprint density at radius 2 is 2.00 bits per heavy atom. The first-order valence-electron chi connectivity index (χ1n) is 6.87. The summed E-state index contributed by atoms with van der Waals surface area (Å²) < 4.78 is 5.96. The highest BCUT2D eigenvalue weighted by Gasteiger charge is 2.18. The van der Waals surface area contributed by atoms with Crippen molar-refractivity contribution < 1.29 is 9.53 Å². The third-order valence-electron chi connectivity index (χ3n) is 3.91. The Kier molecular flexibility index (Phi) is 4.40. The Balaban J connectivity index is 2.08. The number of ether oxygens (including phenoxy) is 1. The molecule has 0 bridgehead atoms. The molecule has 98 valence electrons. The summed E-state index contributed by atoms with van der Waals surface area (Å²) in [6.07, 6.45) is 6.28. The molecule has 0 atom stereocenters. The zero-order chi connectivity index (χ0) is 13.0. The summed E-state index contributed by atoms with van der Waals surface area (Å²) in [5.41, 5.74) is 3.70. The maximum absolute atomic E-state index is 10.5. The van der Waals surface area contributed by atoms with E-state index in [1.165, 1.54) is 36.0 Å². The molecule has 0 spiro atoms. The SMILES string of the molecule is Cc1cc(CCC=O)c(OCC2CCC2)cc1C. The van der Waals surface area contributed by atoms with E-state index in [9.17, 15) is 4.79 Å². The van der Waals surface area contributed by atoms with Gasteiger partial charge in [0.1, 0.15) is 12.0 Å². The van der Waals surface area contributed by atoms with E-state index in [4.69, 9.17) is 4.74 Å². The molecule has 1 aromatic carbocycles. The fourth-order valence-corrected chi connectivity index (χ4v) is 2.26. The van der Waals surface area contributed by atoms with Gasteiger partial charge in [0.05, 0.1) is 6.61 Å². The maximum Gasteiger partial charge on any atom is 0.122 e. The Morgan fingerprint density at radius 1 is 1.28 bits per heavy atom. The van der Waals surface area contributed by atoms with Gasteiger partial charge >= 0.3 is 0 Å². The van der Waals surface area contributed by atoms with Crippen molar-refractivity contribution in [1.82, 2.24) is 0 Å². The molecule has 0 amide bonds. The van der Waals surface area contributed by atoms with E-state index in [1.807, 2.05) is 0 Å². The average molecular weight is 246 g/mol. The summed E-state index contributed by atoms with van der Waals surface area (Å²) in [5, 5.41) is 0. The normalized spacial score (nSPS) is 15.2. The number of aldehydes is 1. The number of carbonyl (C=O) groups excluding carboxylic acids is 1. The molecule has 18 heavy (non-hydrogen) atoms. The minimum absolute atomic E-state index is 0.572. The lowest BCUT2D eigenvalue weighted by Crippen LogP contribution is -2.19. The van der Waals surface area contributed by atoms with E-state index in [2.05, 4.69) is 26.0 Å². The Hall–Kier alpha value is -1.31. The van der Waals surface area contributed by atoms with Crippen LogP contribution in [0.1, 0.15) is 42.4 Å². The van der Waals surface area contributed by atoms with E-state index >= 15 is 0 Å². The Labute approximate surface area is 109 Å². The highest BCUT2D eigenvalue weighted by molar-refractivity contribution is 5.51. The van der Waals surface area contributed by atoms with Crippen LogP contribution in [0, 0.1) is 19.8 Å². The zero-order valence-electron chi connectivity index (χ0n) is 11.4. The molecular weight excluding hydrogens is 224 g/mol. The number of carbonyl (C=O) groups is 1. The molecule has 1 fully saturated rings. The van der Waals surface area contributed by atoms with E-state index in [1.54, 1.807) is 0 Å². The second kappa shape index (κ2) is 6.03. The third kappa shape index (κ3) is 3.12. The molecule has 1 aliphatic carbocycles. The van der Waals surface area contributed by atoms with E-state index in [0.29, 0.717) is 6.42 Å². The Morgan fingerprint density at radius 3 is 2.61 bits per heavy atom. The molecule has 0 aromatic heterocycles. The van der Waals surface area contributed by atoms with Crippen LogP contribution in [0.25, 0.3) is 0 Å². The second-order valence-electron chi connectivity index (χ2n) is 5.36. The third-order valence-corrected chi connectivity index (χ3v) is 3.91. The van der Waals surface area contributed by atoms with Gasteiger partial charge in [0, 0.05) is 6.42 Å². The van der Waals surface area contributed by atoms with Gasteiger partial charge in [-0.3, -0.25) is 0 Å². The molecule has 2 nitrogen and oxygen atoms in total. The maximum atomic E-state index is 10.5. The monoisotopic (exact) mass is 246 g/mol. The number of benzene rings is 1. The zero-order valence-corrected chi connectivity index (χ0v) is 11.4. The molecule has 0 aliphatic heterocycles. The number of aryl methyl sites for hydroxylation is 3. The van der Waals surface area contributed by atoms with Crippen LogP contribution in [0.5, 0.6) is 5.75 Å². The lowest BCUT2D eigenvalue weighted by atomic mass is 9.86. The number of rotatable bonds is 6. The van der Waals surface area contributed by atoms with Gasteiger partial charge in [-0.2, -0.15) is 0 Å². The van der Waals surface area contributed by atoms with Crippen molar-refractivity contribution in [2.45, 2.75) is 46.0 Å². The molecule has 0 saturated heterocycles. The quantitative estimate of drug-likeness (QED) is 0.717. The first kappa shape index (κ1) is 13.1. The first-order chi connectivity index (χ1) is 8.70. The lowest BCUT2D eigenvalue weighted by molar-refractivity contribution is -0.107. The second-order valence-corrected chi connectivity index (χ2v) is 5.36. The van der Waals surface area contributed by atoms with Gasteiger partial charge < -0.3 is 9.53 Å². The van der Waals surface area contributed by atoms with Gasteiger partial charge in [-0.25, -0.2) is 0 Å². The van der Waals surface area contributed by atoms with Crippen molar-refractivity contribution >= 4 is 6.29 Å². The van der Waals surface area contributed by atoms with Gasteiger partial charge in [-0.1, -0.05) is 12.5 Å². The summed E-state index contributed by atoms with van der Waals surface area (Å²) in [6.45, 7) is 5.04.